The number of ether oxygens (including phenoxy) is 1. The second kappa shape index (κ2) is 6.90. The summed E-state index contributed by atoms with van der Waals surface area (Å²) in [5.41, 5.74) is 2.82. The minimum Gasteiger partial charge on any atom is -0.485 e. The van der Waals surface area contributed by atoms with Gasteiger partial charge < -0.3 is 4.74 Å². The maximum absolute atomic E-state index is 11.2. The molecule has 0 spiro atoms. The van der Waals surface area contributed by atoms with Crippen molar-refractivity contribution in [3.05, 3.63) is 65.2 Å². The zero-order valence-electron chi connectivity index (χ0n) is 12.0. The Balaban J connectivity index is 2.27. The number of rotatable bonds is 6. The van der Waals surface area contributed by atoms with E-state index in [4.69, 9.17) is 4.74 Å². The fraction of sp³-hybridized carbons (Fsp3) is 0.278. The molecular weight excluding hydrogens is 248 g/mol. The van der Waals surface area contributed by atoms with Gasteiger partial charge in [-0.1, -0.05) is 55.3 Å². The molecule has 20 heavy (non-hydrogen) atoms. The predicted octanol–water partition coefficient (Wildman–Crippen LogP) is 4.73. The Bertz CT molecular complexity index is 561. The lowest BCUT2D eigenvalue weighted by Gasteiger charge is -2.20. The predicted molar refractivity (Wildman–Crippen MR) is 81.3 cm³/mol. The lowest BCUT2D eigenvalue weighted by Crippen LogP contribution is -2.08. The van der Waals surface area contributed by atoms with Gasteiger partial charge in [-0.3, -0.25) is 4.79 Å². The van der Waals surface area contributed by atoms with Crippen LogP contribution in [0.3, 0.4) is 0 Å². The van der Waals surface area contributed by atoms with Crippen molar-refractivity contribution in [3.63, 3.8) is 0 Å². The van der Waals surface area contributed by atoms with Gasteiger partial charge in [0, 0.05) is 0 Å². The Morgan fingerprint density at radius 3 is 2.55 bits per heavy atom. The summed E-state index contributed by atoms with van der Waals surface area (Å²) in [7, 11) is 0. The van der Waals surface area contributed by atoms with E-state index in [1.54, 1.807) is 0 Å². The summed E-state index contributed by atoms with van der Waals surface area (Å²) < 4.78 is 6.09. The van der Waals surface area contributed by atoms with Gasteiger partial charge in [-0.25, -0.2) is 0 Å². The third-order valence-corrected chi connectivity index (χ3v) is 3.28. The Hall–Kier alpha value is -2.09. The number of aryl methyl sites for hydroxylation is 1. The number of benzene rings is 2. The van der Waals surface area contributed by atoms with E-state index in [1.165, 1.54) is 0 Å². The average Bonchev–Trinajstić information content (AvgIpc) is 2.49. The molecule has 2 aromatic rings. The number of aldehydes is 1. The molecule has 0 fully saturated rings. The van der Waals surface area contributed by atoms with Crippen LogP contribution < -0.4 is 4.74 Å². The third-order valence-electron chi connectivity index (χ3n) is 3.28. The van der Waals surface area contributed by atoms with E-state index in [0.29, 0.717) is 11.3 Å². The summed E-state index contributed by atoms with van der Waals surface area (Å²) >= 11 is 0. The molecule has 2 rings (SSSR count). The molecule has 0 radical (unpaired) electrons. The van der Waals surface area contributed by atoms with Crippen LogP contribution in [-0.2, 0) is 0 Å². The molecule has 0 aliphatic rings. The van der Waals surface area contributed by atoms with Crippen molar-refractivity contribution in [1.82, 2.24) is 0 Å². The molecule has 2 aromatic carbocycles. The van der Waals surface area contributed by atoms with Gasteiger partial charge in [-0.15, -0.1) is 0 Å². The molecular formula is C18H20O2. The minimum absolute atomic E-state index is 0.0115. The molecule has 1 atom stereocenters. The van der Waals surface area contributed by atoms with Crippen molar-refractivity contribution in [2.45, 2.75) is 32.8 Å². The van der Waals surface area contributed by atoms with Crippen LogP contribution in [0.4, 0.5) is 0 Å². The second-order valence-corrected chi connectivity index (χ2v) is 4.96. The number of hydrogen-bond acceptors (Lipinski definition) is 2. The highest BCUT2D eigenvalue weighted by atomic mass is 16.5. The molecule has 0 amide bonds. The minimum atomic E-state index is -0.0115. The molecule has 104 valence electrons. The van der Waals surface area contributed by atoms with E-state index in [0.717, 1.165) is 30.3 Å². The van der Waals surface area contributed by atoms with Gasteiger partial charge >= 0.3 is 0 Å². The normalized spacial score (nSPS) is 11.9. The molecule has 0 bridgehead atoms. The van der Waals surface area contributed by atoms with Crippen LogP contribution in [0.2, 0.25) is 0 Å². The van der Waals surface area contributed by atoms with Crippen molar-refractivity contribution in [3.8, 4) is 5.75 Å². The van der Waals surface area contributed by atoms with E-state index >= 15 is 0 Å². The molecule has 2 heteroatoms. The van der Waals surface area contributed by atoms with Crippen LogP contribution in [-0.4, -0.2) is 6.29 Å². The highest BCUT2D eigenvalue weighted by molar-refractivity contribution is 5.79. The van der Waals surface area contributed by atoms with Crippen LogP contribution in [0, 0.1) is 6.92 Å². The molecule has 0 saturated heterocycles. The van der Waals surface area contributed by atoms with E-state index in [-0.39, 0.29) is 6.10 Å². The van der Waals surface area contributed by atoms with Gasteiger partial charge in [-0.05, 0) is 31.0 Å². The summed E-state index contributed by atoms with van der Waals surface area (Å²) in [6.07, 6.45) is 2.80. The highest BCUT2D eigenvalue weighted by Crippen LogP contribution is 2.28. The maximum atomic E-state index is 11.2. The Labute approximate surface area is 120 Å². The van der Waals surface area contributed by atoms with Crippen LogP contribution >= 0.6 is 0 Å². The zero-order chi connectivity index (χ0) is 14.4. The van der Waals surface area contributed by atoms with E-state index in [2.05, 4.69) is 19.1 Å². The van der Waals surface area contributed by atoms with Crippen LogP contribution in [0.25, 0.3) is 0 Å². The summed E-state index contributed by atoms with van der Waals surface area (Å²) in [6.45, 7) is 4.10. The number of carbonyl (C=O) groups is 1. The van der Waals surface area contributed by atoms with Crippen LogP contribution in [0.15, 0.2) is 48.5 Å². The third kappa shape index (κ3) is 3.47. The van der Waals surface area contributed by atoms with Gasteiger partial charge in [-0.2, -0.15) is 0 Å². The highest BCUT2D eigenvalue weighted by Gasteiger charge is 2.14. The van der Waals surface area contributed by atoms with Crippen molar-refractivity contribution >= 4 is 6.29 Å². The molecule has 0 aliphatic carbocycles. The lowest BCUT2D eigenvalue weighted by molar-refractivity contribution is 0.111. The summed E-state index contributed by atoms with van der Waals surface area (Å²) in [5.74, 6) is 0.660. The first-order valence-electron chi connectivity index (χ1n) is 7.02. The Morgan fingerprint density at radius 1 is 1.15 bits per heavy atom. The van der Waals surface area contributed by atoms with E-state index < -0.39 is 0 Å². The first kappa shape index (κ1) is 14.3. The quantitative estimate of drug-likeness (QED) is 0.708. The van der Waals surface area contributed by atoms with Crippen molar-refractivity contribution in [2.24, 2.45) is 0 Å². The molecule has 0 saturated carbocycles. The molecule has 2 nitrogen and oxygen atoms in total. The van der Waals surface area contributed by atoms with Crippen LogP contribution in [0.1, 0.15) is 47.4 Å². The van der Waals surface area contributed by atoms with Crippen molar-refractivity contribution < 1.29 is 9.53 Å². The number of carbonyl (C=O) groups excluding carboxylic acids is 1. The molecule has 0 N–H and O–H groups in total. The average molecular weight is 268 g/mol. The lowest BCUT2D eigenvalue weighted by atomic mass is 10.0. The first-order valence-corrected chi connectivity index (χ1v) is 7.02. The molecule has 0 heterocycles. The summed E-state index contributed by atoms with van der Waals surface area (Å²) in [4.78, 5) is 11.2. The standard InChI is InChI=1S/C18H20O2/c1-3-7-17(15-8-5-4-6-9-15)20-18-11-10-14(2)12-16(18)13-19/h4-6,8-13,17H,3,7H2,1-2H3. The molecule has 0 aromatic heterocycles. The molecule has 1 unspecified atom stereocenters. The van der Waals surface area contributed by atoms with Crippen molar-refractivity contribution in [1.29, 1.82) is 0 Å². The van der Waals surface area contributed by atoms with Gasteiger partial charge in [0.25, 0.3) is 0 Å². The Kier molecular flexibility index (Phi) is 4.94. The fourth-order valence-electron chi connectivity index (χ4n) is 2.24. The van der Waals surface area contributed by atoms with E-state index in [9.17, 15) is 4.79 Å². The van der Waals surface area contributed by atoms with Gasteiger partial charge in [0.15, 0.2) is 6.29 Å². The summed E-state index contributed by atoms with van der Waals surface area (Å²) in [6, 6.07) is 15.9. The summed E-state index contributed by atoms with van der Waals surface area (Å²) in [5, 5.41) is 0. The largest absolute Gasteiger partial charge is 0.485 e. The van der Waals surface area contributed by atoms with Gasteiger partial charge in [0.2, 0.25) is 0 Å². The smallest absolute Gasteiger partial charge is 0.153 e. The maximum Gasteiger partial charge on any atom is 0.153 e. The second-order valence-electron chi connectivity index (χ2n) is 4.96. The monoisotopic (exact) mass is 268 g/mol. The van der Waals surface area contributed by atoms with E-state index in [1.807, 2.05) is 43.3 Å². The zero-order valence-corrected chi connectivity index (χ0v) is 12.0. The molecule has 0 aliphatic heterocycles. The van der Waals surface area contributed by atoms with Gasteiger partial charge in [0.1, 0.15) is 11.9 Å². The SMILES string of the molecule is CCCC(Oc1ccc(C)cc1C=O)c1ccccc1. The Morgan fingerprint density at radius 2 is 1.90 bits per heavy atom. The van der Waals surface area contributed by atoms with Gasteiger partial charge in [0.05, 0.1) is 5.56 Å². The first-order chi connectivity index (χ1) is 9.74. The topological polar surface area (TPSA) is 26.3 Å². The number of hydrogen-bond donors (Lipinski definition) is 0. The fourth-order valence-corrected chi connectivity index (χ4v) is 2.24. The van der Waals surface area contributed by atoms with Crippen LogP contribution in [0.5, 0.6) is 5.75 Å². The van der Waals surface area contributed by atoms with Crippen molar-refractivity contribution in [2.75, 3.05) is 0 Å².